The van der Waals surface area contributed by atoms with Gasteiger partial charge >= 0.3 is 0 Å². The lowest BCUT2D eigenvalue weighted by molar-refractivity contribution is 0.0831. The van der Waals surface area contributed by atoms with Crippen molar-refractivity contribution in [1.29, 1.82) is 0 Å². The van der Waals surface area contributed by atoms with Gasteiger partial charge < -0.3 is 4.74 Å². The van der Waals surface area contributed by atoms with Crippen LogP contribution in [0.5, 0.6) is 0 Å². The van der Waals surface area contributed by atoms with Crippen molar-refractivity contribution in [3.63, 3.8) is 0 Å². The molecule has 31 heavy (non-hydrogen) atoms. The maximum Gasteiger partial charge on any atom is 0.0571 e. The topological polar surface area (TPSA) is 9.23 Å². The van der Waals surface area contributed by atoms with Crippen LogP contribution in [0, 0.1) is 0 Å². The van der Waals surface area contributed by atoms with Crippen LogP contribution in [0.1, 0.15) is 155 Å². The summed E-state index contributed by atoms with van der Waals surface area (Å²) in [7, 11) is 1.91. The number of methoxy groups -OCH3 is 1. The molecule has 0 rings (SSSR count). The lowest BCUT2D eigenvalue weighted by Gasteiger charge is -2.15. The SMILES string of the molecule is CCCCCC=CCC=CCCCCCCCCCC(CCCCCCCCC)OC. The summed E-state index contributed by atoms with van der Waals surface area (Å²) in [4.78, 5) is 0. The van der Waals surface area contributed by atoms with Crippen molar-refractivity contribution in [3.05, 3.63) is 24.3 Å². The van der Waals surface area contributed by atoms with Crippen molar-refractivity contribution in [2.24, 2.45) is 0 Å². The second-order valence-corrected chi connectivity index (χ2v) is 9.49. The standard InChI is InChI=1S/C30H58O/c1-4-6-8-10-12-13-14-15-16-17-18-19-20-21-23-25-27-29-30(31-3)28-26-24-22-11-9-7-5-2/h12-13,15-16,30H,4-11,14,17-29H2,1-3H3. The van der Waals surface area contributed by atoms with E-state index in [9.17, 15) is 0 Å². The summed E-state index contributed by atoms with van der Waals surface area (Å²) in [5.74, 6) is 0. The lowest BCUT2D eigenvalue weighted by Crippen LogP contribution is -2.10. The highest BCUT2D eigenvalue weighted by atomic mass is 16.5. The molecular formula is C30H58O. The van der Waals surface area contributed by atoms with Gasteiger partial charge in [0, 0.05) is 7.11 Å². The first-order valence-corrected chi connectivity index (χ1v) is 14.2. The van der Waals surface area contributed by atoms with E-state index in [4.69, 9.17) is 4.74 Å². The van der Waals surface area contributed by atoms with E-state index in [1.807, 2.05) is 7.11 Å². The van der Waals surface area contributed by atoms with Gasteiger partial charge in [0.1, 0.15) is 0 Å². The maximum absolute atomic E-state index is 5.71. The Morgan fingerprint density at radius 1 is 0.484 bits per heavy atom. The smallest absolute Gasteiger partial charge is 0.0571 e. The molecule has 0 aromatic heterocycles. The van der Waals surface area contributed by atoms with Gasteiger partial charge in [-0.1, -0.05) is 134 Å². The minimum absolute atomic E-state index is 0.508. The first-order valence-electron chi connectivity index (χ1n) is 14.2. The highest BCUT2D eigenvalue weighted by molar-refractivity contribution is 4.92. The van der Waals surface area contributed by atoms with Crippen LogP contribution in [-0.4, -0.2) is 13.2 Å². The van der Waals surface area contributed by atoms with E-state index in [1.165, 1.54) is 135 Å². The molecule has 0 amide bonds. The monoisotopic (exact) mass is 434 g/mol. The summed E-state index contributed by atoms with van der Waals surface area (Å²) in [6.45, 7) is 4.56. The van der Waals surface area contributed by atoms with Crippen LogP contribution in [0.2, 0.25) is 0 Å². The van der Waals surface area contributed by atoms with Gasteiger partial charge in [-0.3, -0.25) is 0 Å². The minimum atomic E-state index is 0.508. The first kappa shape index (κ1) is 30.4. The number of hydrogen-bond acceptors (Lipinski definition) is 1. The predicted octanol–water partition coefficient (Wildman–Crippen LogP) is 10.7. The fourth-order valence-electron chi connectivity index (χ4n) is 4.25. The Morgan fingerprint density at radius 2 is 0.871 bits per heavy atom. The molecule has 0 aliphatic carbocycles. The lowest BCUT2D eigenvalue weighted by atomic mass is 10.0. The van der Waals surface area contributed by atoms with Gasteiger partial charge in [0.15, 0.2) is 0 Å². The summed E-state index contributed by atoms with van der Waals surface area (Å²) in [5.41, 5.74) is 0. The summed E-state index contributed by atoms with van der Waals surface area (Å²) in [5, 5.41) is 0. The Bertz CT molecular complexity index is 371. The molecule has 1 unspecified atom stereocenters. The van der Waals surface area contributed by atoms with Crippen LogP contribution in [-0.2, 0) is 4.74 Å². The molecule has 0 N–H and O–H groups in total. The molecule has 0 heterocycles. The molecular weight excluding hydrogens is 376 g/mol. The van der Waals surface area contributed by atoms with E-state index in [2.05, 4.69) is 38.2 Å². The molecule has 1 nitrogen and oxygen atoms in total. The van der Waals surface area contributed by atoms with Crippen molar-refractivity contribution in [2.75, 3.05) is 7.11 Å². The largest absolute Gasteiger partial charge is 0.381 e. The zero-order valence-electron chi connectivity index (χ0n) is 21.9. The maximum atomic E-state index is 5.71. The normalized spacial score (nSPS) is 13.0. The van der Waals surface area contributed by atoms with Crippen molar-refractivity contribution >= 4 is 0 Å². The first-order chi connectivity index (χ1) is 15.3. The molecule has 0 aliphatic rings. The number of rotatable bonds is 25. The van der Waals surface area contributed by atoms with Crippen LogP contribution < -0.4 is 0 Å². The van der Waals surface area contributed by atoms with Gasteiger partial charge in [0.2, 0.25) is 0 Å². The molecule has 0 aromatic rings. The average Bonchev–Trinajstić information content (AvgIpc) is 2.79. The second kappa shape index (κ2) is 27.5. The highest BCUT2D eigenvalue weighted by Crippen LogP contribution is 2.16. The van der Waals surface area contributed by atoms with E-state index in [-0.39, 0.29) is 0 Å². The van der Waals surface area contributed by atoms with Crippen LogP contribution in [0.4, 0.5) is 0 Å². The molecule has 0 fully saturated rings. The van der Waals surface area contributed by atoms with Gasteiger partial charge in [0.25, 0.3) is 0 Å². The van der Waals surface area contributed by atoms with Crippen LogP contribution in [0.25, 0.3) is 0 Å². The van der Waals surface area contributed by atoms with E-state index < -0.39 is 0 Å². The van der Waals surface area contributed by atoms with Crippen molar-refractivity contribution in [1.82, 2.24) is 0 Å². The van der Waals surface area contributed by atoms with Gasteiger partial charge in [-0.25, -0.2) is 0 Å². The Hall–Kier alpha value is -0.560. The number of allylic oxidation sites excluding steroid dienone is 4. The molecule has 0 saturated heterocycles. The Morgan fingerprint density at radius 3 is 1.35 bits per heavy atom. The van der Waals surface area contributed by atoms with Gasteiger partial charge in [-0.05, 0) is 44.9 Å². The van der Waals surface area contributed by atoms with Crippen LogP contribution >= 0.6 is 0 Å². The Kier molecular flexibility index (Phi) is 27.0. The number of ether oxygens (including phenoxy) is 1. The highest BCUT2D eigenvalue weighted by Gasteiger charge is 2.06. The van der Waals surface area contributed by atoms with E-state index in [0.29, 0.717) is 6.10 Å². The molecule has 0 aliphatic heterocycles. The van der Waals surface area contributed by atoms with E-state index in [1.54, 1.807) is 0 Å². The molecule has 0 bridgehead atoms. The quantitative estimate of drug-likeness (QED) is 0.102. The number of hydrogen-bond donors (Lipinski definition) is 0. The molecule has 1 heteroatoms. The summed E-state index contributed by atoms with van der Waals surface area (Å²) in [6.07, 6.45) is 39.7. The van der Waals surface area contributed by atoms with Gasteiger partial charge in [0.05, 0.1) is 6.10 Å². The third-order valence-corrected chi connectivity index (χ3v) is 6.44. The number of unbranched alkanes of at least 4 members (excludes halogenated alkanes) is 16. The van der Waals surface area contributed by atoms with E-state index in [0.717, 1.165) is 6.42 Å². The summed E-state index contributed by atoms with van der Waals surface area (Å²) >= 11 is 0. The zero-order valence-corrected chi connectivity index (χ0v) is 21.9. The fraction of sp³-hybridized carbons (Fsp3) is 0.867. The van der Waals surface area contributed by atoms with Crippen molar-refractivity contribution in [2.45, 2.75) is 161 Å². The average molecular weight is 435 g/mol. The minimum Gasteiger partial charge on any atom is -0.381 e. The second-order valence-electron chi connectivity index (χ2n) is 9.49. The summed E-state index contributed by atoms with van der Waals surface area (Å²) in [6, 6.07) is 0. The molecule has 0 spiro atoms. The van der Waals surface area contributed by atoms with Crippen LogP contribution in [0.15, 0.2) is 24.3 Å². The fourth-order valence-corrected chi connectivity index (χ4v) is 4.25. The molecule has 0 aromatic carbocycles. The van der Waals surface area contributed by atoms with Crippen LogP contribution in [0.3, 0.4) is 0 Å². The molecule has 184 valence electrons. The molecule has 1 atom stereocenters. The third-order valence-electron chi connectivity index (χ3n) is 6.44. The zero-order chi connectivity index (χ0) is 22.7. The predicted molar refractivity (Wildman–Crippen MR) is 142 cm³/mol. The van der Waals surface area contributed by atoms with Crippen molar-refractivity contribution in [3.8, 4) is 0 Å². The Balaban J connectivity index is 3.33. The van der Waals surface area contributed by atoms with Gasteiger partial charge in [-0.15, -0.1) is 0 Å². The van der Waals surface area contributed by atoms with Crippen molar-refractivity contribution < 1.29 is 4.74 Å². The van der Waals surface area contributed by atoms with E-state index >= 15 is 0 Å². The Labute approximate surface area is 197 Å². The molecule has 0 saturated carbocycles. The summed E-state index contributed by atoms with van der Waals surface area (Å²) < 4.78 is 5.71. The van der Waals surface area contributed by atoms with Gasteiger partial charge in [-0.2, -0.15) is 0 Å². The molecule has 0 radical (unpaired) electrons. The third kappa shape index (κ3) is 25.6.